The van der Waals surface area contributed by atoms with Gasteiger partial charge in [-0.05, 0) is 12.1 Å². The summed E-state index contributed by atoms with van der Waals surface area (Å²) in [6.45, 7) is 1.89. The van der Waals surface area contributed by atoms with E-state index in [-0.39, 0.29) is 36.6 Å². The van der Waals surface area contributed by atoms with Gasteiger partial charge in [-0.2, -0.15) is 0 Å². The molecule has 4 rings (SSSR count). The van der Waals surface area contributed by atoms with Crippen molar-refractivity contribution in [1.82, 2.24) is 5.43 Å². The van der Waals surface area contributed by atoms with Gasteiger partial charge >= 0.3 is 0 Å². The number of ether oxygens (including phenoxy) is 2. The first kappa shape index (κ1) is 18.6. The van der Waals surface area contributed by atoms with Crippen LogP contribution in [0.4, 0.5) is 11.4 Å². The summed E-state index contributed by atoms with van der Waals surface area (Å²) in [4.78, 5) is 29.7. The average molecular weight is 391 g/mol. The van der Waals surface area contributed by atoms with E-state index in [1.807, 2.05) is 0 Å². The molecule has 2 saturated heterocycles. The Bertz CT molecular complexity index is 790. The van der Waals surface area contributed by atoms with Gasteiger partial charge in [0.15, 0.2) is 17.6 Å². The van der Waals surface area contributed by atoms with Crippen LogP contribution in [-0.2, 0) is 19.1 Å². The Morgan fingerprint density at radius 3 is 2.57 bits per heavy atom. The molecule has 28 heavy (non-hydrogen) atoms. The predicted molar refractivity (Wildman–Crippen MR) is 97.3 cm³/mol. The Morgan fingerprint density at radius 2 is 1.93 bits per heavy atom. The lowest BCUT2D eigenvalue weighted by atomic mass is 9.98. The van der Waals surface area contributed by atoms with Crippen LogP contribution >= 0.6 is 0 Å². The Labute approximate surface area is 160 Å². The number of hydrogen-bond acceptors (Lipinski definition) is 9. The minimum absolute atomic E-state index is 0.0678. The van der Waals surface area contributed by atoms with Crippen molar-refractivity contribution in [2.45, 2.75) is 24.7 Å². The molecule has 0 aliphatic carbocycles. The van der Waals surface area contributed by atoms with E-state index in [0.717, 1.165) is 5.69 Å². The molecule has 11 nitrogen and oxygen atoms in total. The Kier molecular flexibility index (Phi) is 4.87. The fourth-order valence-electron chi connectivity index (χ4n) is 3.76. The van der Waals surface area contributed by atoms with Crippen LogP contribution < -0.4 is 16.2 Å². The molecule has 0 saturated carbocycles. The number of rotatable bonds is 3. The lowest BCUT2D eigenvalue weighted by Crippen LogP contribution is -2.48. The molecule has 2 atom stereocenters. The lowest BCUT2D eigenvalue weighted by molar-refractivity contribution is -0.384. The van der Waals surface area contributed by atoms with Crippen LogP contribution in [0, 0.1) is 16.0 Å². The summed E-state index contributed by atoms with van der Waals surface area (Å²) in [5.74, 6) is 3.64. The molecule has 1 spiro atoms. The molecule has 0 radical (unpaired) electrons. The number of piperidine rings is 1. The third-order valence-electron chi connectivity index (χ3n) is 5.44. The highest BCUT2D eigenvalue weighted by atomic mass is 16.7. The topological polar surface area (TPSA) is 142 Å². The van der Waals surface area contributed by atoms with Crippen molar-refractivity contribution < 1.29 is 24.0 Å². The molecule has 0 unspecified atom stereocenters. The molecule has 1 aromatic carbocycles. The second-order valence-electron chi connectivity index (χ2n) is 6.99. The van der Waals surface area contributed by atoms with Gasteiger partial charge in [0.1, 0.15) is 0 Å². The zero-order valence-electron chi connectivity index (χ0n) is 15.1. The second-order valence-corrected chi connectivity index (χ2v) is 6.99. The number of hydrogen-bond donors (Lipinski definition) is 2. The third kappa shape index (κ3) is 3.39. The van der Waals surface area contributed by atoms with Crippen molar-refractivity contribution in [2.24, 2.45) is 16.9 Å². The van der Waals surface area contributed by atoms with Crippen LogP contribution in [-0.4, -0.2) is 54.7 Å². The molecule has 3 heterocycles. The maximum Gasteiger partial charge on any atom is 0.283 e. The maximum atomic E-state index is 11.8. The van der Waals surface area contributed by atoms with Crippen LogP contribution in [0.15, 0.2) is 29.4 Å². The Balaban J connectivity index is 1.38. The SMILES string of the molecule is NNC(=O)C1=NO[C@@H]2COC3(CCN(c4ccc([N+](=O)[O-])cc4)CC3)OC[C@H]12. The molecule has 11 heteroatoms. The van der Waals surface area contributed by atoms with Crippen molar-refractivity contribution in [3.63, 3.8) is 0 Å². The molecular formula is C17H21N5O6. The van der Waals surface area contributed by atoms with Gasteiger partial charge in [0.05, 0.1) is 24.1 Å². The van der Waals surface area contributed by atoms with E-state index in [1.165, 1.54) is 12.1 Å². The fourth-order valence-corrected chi connectivity index (χ4v) is 3.76. The van der Waals surface area contributed by atoms with Crippen molar-refractivity contribution in [3.05, 3.63) is 34.4 Å². The molecule has 3 N–H and O–H groups in total. The molecule has 1 aromatic rings. The number of carbonyl (C=O) groups is 1. The molecule has 150 valence electrons. The van der Waals surface area contributed by atoms with Crippen LogP contribution in [0.2, 0.25) is 0 Å². The zero-order valence-corrected chi connectivity index (χ0v) is 15.1. The number of nitrogens with two attached hydrogens (primary N) is 1. The number of non-ortho nitro benzene ring substituents is 1. The smallest absolute Gasteiger partial charge is 0.283 e. The van der Waals surface area contributed by atoms with Gasteiger partial charge in [0.25, 0.3) is 11.6 Å². The van der Waals surface area contributed by atoms with Crippen molar-refractivity contribution in [3.8, 4) is 0 Å². The van der Waals surface area contributed by atoms with Crippen LogP contribution in [0.3, 0.4) is 0 Å². The Hall–Kier alpha value is -2.76. The number of benzene rings is 1. The number of nitrogens with one attached hydrogen (secondary N) is 1. The monoisotopic (exact) mass is 391 g/mol. The highest BCUT2D eigenvalue weighted by Gasteiger charge is 2.47. The highest BCUT2D eigenvalue weighted by molar-refractivity contribution is 6.39. The highest BCUT2D eigenvalue weighted by Crippen LogP contribution is 2.35. The van der Waals surface area contributed by atoms with Gasteiger partial charge < -0.3 is 19.2 Å². The Morgan fingerprint density at radius 1 is 1.25 bits per heavy atom. The molecule has 0 aromatic heterocycles. The minimum Gasteiger partial charge on any atom is -0.389 e. The normalized spacial score (nSPS) is 26.0. The number of amides is 1. The summed E-state index contributed by atoms with van der Waals surface area (Å²) in [5.41, 5.74) is 3.28. The van der Waals surface area contributed by atoms with E-state index in [0.29, 0.717) is 25.9 Å². The summed E-state index contributed by atoms with van der Waals surface area (Å²) >= 11 is 0. The summed E-state index contributed by atoms with van der Waals surface area (Å²) in [6.07, 6.45) is 0.872. The number of nitrogens with zero attached hydrogens (tertiary/aromatic N) is 3. The number of oxime groups is 1. The second kappa shape index (κ2) is 7.34. The first-order valence-electron chi connectivity index (χ1n) is 9.03. The van der Waals surface area contributed by atoms with Crippen molar-refractivity contribution >= 4 is 23.0 Å². The maximum absolute atomic E-state index is 11.8. The number of carbonyl (C=O) groups excluding carboxylic acids is 1. The molecule has 2 fully saturated rings. The summed E-state index contributed by atoms with van der Waals surface area (Å²) in [5, 5.41) is 14.6. The summed E-state index contributed by atoms with van der Waals surface area (Å²) in [6, 6.07) is 6.50. The number of nitro benzene ring substituents is 1. The van der Waals surface area contributed by atoms with Gasteiger partial charge in [-0.15, -0.1) is 0 Å². The number of anilines is 1. The quantitative estimate of drug-likeness (QED) is 0.324. The summed E-state index contributed by atoms with van der Waals surface area (Å²) in [7, 11) is 0. The van der Waals surface area contributed by atoms with E-state index >= 15 is 0 Å². The van der Waals surface area contributed by atoms with E-state index in [1.54, 1.807) is 12.1 Å². The molecule has 3 aliphatic rings. The van der Waals surface area contributed by atoms with E-state index in [9.17, 15) is 14.9 Å². The number of hydrazine groups is 1. The van der Waals surface area contributed by atoms with Gasteiger partial charge in [-0.1, -0.05) is 5.16 Å². The van der Waals surface area contributed by atoms with Crippen LogP contribution in [0.1, 0.15) is 12.8 Å². The largest absolute Gasteiger partial charge is 0.389 e. The van der Waals surface area contributed by atoms with E-state index in [2.05, 4.69) is 15.5 Å². The number of nitro groups is 1. The molecule has 1 amide bonds. The molecular weight excluding hydrogens is 370 g/mol. The van der Waals surface area contributed by atoms with Gasteiger partial charge in [-0.3, -0.25) is 20.3 Å². The fraction of sp³-hybridized carbons (Fsp3) is 0.529. The van der Waals surface area contributed by atoms with Crippen molar-refractivity contribution in [2.75, 3.05) is 31.2 Å². The first-order chi connectivity index (χ1) is 13.5. The summed E-state index contributed by atoms with van der Waals surface area (Å²) < 4.78 is 12.1. The van der Waals surface area contributed by atoms with Gasteiger partial charge in [-0.25, -0.2) is 5.84 Å². The minimum atomic E-state index is -0.741. The zero-order chi connectivity index (χ0) is 19.7. The van der Waals surface area contributed by atoms with Crippen LogP contribution in [0.5, 0.6) is 0 Å². The standard InChI is InChI=1S/C17H21N5O6/c18-19-16(23)15-13-9-26-17(27-10-14(13)28-20-15)5-7-21(8-6-17)11-1-3-12(4-2-11)22(24)25/h1-4,13-14H,5-10,18H2,(H,19,23)/t13-,14+/m0/s1. The predicted octanol–water partition coefficient (Wildman–Crippen LogP) is 0.299. The first-order valence-corrected chi connectivity index (χ1v) is 9.03. The van der Waals surface area contributed by atoms with E-state index in [4.69, 9.17) is 20.2 Å². The molecule has 3 aliphatic heterocycles. The van der Waals surface area contributed by atoms with Crippen molar-refractivity contribution in [1.29, 1.82) is 0 Å². The van der Waals surface area contributed by atoms with Gasteiger partial charge in [0, 0.05) is 43.8 Å². The third-order valence-corrected chi connectivity index (χ3v) is 5.44. The molecule has 0 bridgehead atoms. The average Bonchev–Trinajstić information content (AvgIpc) is 3.06. The number of fused-ring (bicyclic) bond motifs is 1. The van der Waals surface area contributed by atoms with E-state index < -0.39 is 16.6 Å². The lowest BCUT2D eigenvalue weighted by Gasteiger charge is -2.41. The van der Waals surface area contributed by atoms with Gasteiger partial charge in [0.2, 0.25) is 0 Å². The van der Waals surface area contributed by atoms with Crippen LogP contribution in [0.25, 0.3) is 0 Å².